The molecule has 0 nitrogen and oxygen atoms in total. The van der Waals surface area contributed by atoms with Gasteiger partial charge in [0, 0.05) is 114 Å². The van der Waals surface area contributed by atoms with Crippen molar-refractivity contribution in [1.29, 1.82) is 0 Å². The third kappa shape index (κ3) is 24.4. The van der Waals surface area contributed by atoms with Crippen molar-refractivity contribution >= 4 is 74.3 Å². The second kappa shape index (κ2) is 35.8. The van der Waals surface area contributed by atoms with E-state index in [0.717, 1.165) is 0 Å². The van der Waals surface area contributed by atoms with Crippen molar-refractivity contribution in [2.45, 2.75) is 0 Å². The first-order valence-corrected chi connectivity index (χ1v) is 0. The fourth-order valence-corrected chi connectivity index (χ4v) is 0. The Kier molecular flexibility index (Phi) is 300. The molecule has 0 aliphatic rings. The van der Waals surface area contributed by atoms with Crippen LogP contribution in [0.1, 0.15) is 0 Å². The largest absolute Gasteiger partial charge is 0.197 e. The fraction of sp³-hybridized carbons (Fsp3) is 0. The normalized spacial score (nSPS) is 0. The maximum Gasteiger partial charge on any atom is 0 e. The van der Waals surface area contributed by atoms with Crippen LogP contribution in [0, 0.1) is 0 Å². The summed E-state index contributed by atoms with van der Waals surface area (Å²) in [5, 5.41) is 0. The van der Waals surface area contributed by atoms with Crippen molar-refractivity contribution in [3.8, 4) is 0 Å². The molecule has 0 aromatic heterocycles. The molecule has 6 heavy (non-hydrogen) atoms. The van der Waals surface area contributed by atoms with Gasteiger partial charge in [0.25, 0.3) is 0 Å². The fourth-order valence-electron chi connectivity index (χ4n) is 0. The zero-order valence-corrected chi connectivity index (χ0v) is 13.2. The van der Waals surface area contributed by atoms with Crippen LogP contribution in [-0.2, 0) is 53.6 Å². The van der Waals surface area contributed by atoms with E-state index in [9.17, 15) is 0 Å². The van der Waals surface area contributed by atoms with Crippen LogP contribution in [0.25, 0.3) is 0 Å². The molecule has 6 heteroatoms. The van der Waals surface area contributed by atoms with Crippen LogP contribution in [0.3, 0.4) is 0 Å². The van der Waals surface area contributed by atoms with Gasteiger partial charge in [-0.05, 0) is 0 Å². The first-order chi connectivity index (χ1) is 0. The molecular weight excluding hydrogens is 273 g/mol. The molecule has 0 fully saturated rings. The zero-order valence-electron chi connectivity index (χ0n) is 3.35. The van der Waals surface area contributed by atoms with Crippen LogP contribution >= 0.6 is 13.5 Å². The summed E-state index contributed by atoms with van der Waals surface area (Å²) in [4.78, 5) is 0. The maximum atomic E-state index is 0. The molecule has 0 heterocycles. The topological polar surface area (TPSA) is 0 Å². The van der Waals surface area contributed by atoms with Crippen LogP contribution < -0.4 is 0 Å². The van der Waals surface area contributed by atoms with E-state index in [4.69, 9.17) is 0 Å². The summed E-state index contributed by atoms with van der Waals surface area (Å²) in [6.07, 6.45) is 0. The molecule has 0 saturated heterocycles. The molecule has 0 bridgehead atoms. The van der Waals surface area contributed by atoms with E-state index >= 15 is 0 Å². The van der Waals surface area contributed by atoms with Gasteiger partial charge in [-0.2, -0.15) is 13.5 Å². The van der Waals surface area contributed by atoms with E-state index in [-0.39, 0.29) is 128 Å². The van der Waals surface area contributed by atoms with Crippen LogP contribution in [0.5, 0.6) is 0 Å². The molecule has 0 aromatic carbocycles. The summed E-state index contributed by atoms with van der Waals surface area (Å²) in [5.41, 5.74) is 0. The molecule has 5 radical (unpaired) electrons. The van der Waals surface area contributed by atoms with E-state index in [1.54, 1.807) is 0 Å². The first kappa shape index (κ1) is 50.3. The van der Waals surface area contributed by atoms with Gasteiger partial charge in [0.05, 0.1) is 0 Å². The molecule has 0 unspecified atom stereocenters. The molecule has 0 amide bonds. The molecule has 0 saturated carbocycles. The Labute approximate surface area is 125 Å². The average molecular weight is 275 g/mol. The summed E-state index contributed by atoms with van der Waals surface area (Å²) >= 11 is 0. The molecule has 0 aliphatic carbocycles. The summed E-state index contributed by atoms with van der Waals surface area (Å²) in [7, 11) is 0. The summed E-state index contributed by atoms with van der Waals surface area (Å²) in [5.74, 6) is 0. The van der Waals surface area contributed by atoms with Gasteiger partial charge in [0.2, 0.25) is 0 Å². The Morgan fingerprint density at radius 1 is 1.00 bits per heavy atom. The minimum Gasteiger partial charge on any atom is -0.197 e. The van der Waals surface area contributed by atoms with Crippen molar-refractivity contribution in [3.05, 3.63) is 0 Å². The van der Waals surface area contributed by atoms with Gasteiger partial charge < -0.3 is 0 Å². The van der Waals surface area contributed by atoms with Gasteiger partial charge in [-0.15, -0.1) is 0 Å². The average Bonchev–Trinajstić information content (AvgIpc) is 0. The Balaban J connectivity index is 0. The third-order valence-electron chi connectivity index (χ3n) is 0. The molecule has 29 valence electrons. The van der Waals surface area contributed by atoms with E-state index in [2.05, 4.69) is 0 Å². The van der Waals surface area contributed by atoms with Crippen molar-refractivity contribution in [1.82, 2.24) is 0 Å². The Morgan fingerprint density at radius 2 is 1.00 bits per heavy atom. The Bertz CT molecular complexity index is 15.5. The minimum absolute atomic E-state index is 0. The first-order valence-electron chi connectivity index (χ1n) is 0. The molecule has 0 spiro atoms. The smallest absolute Gasteiger partial charge is 0 e. The standard InChI is InChI=1S/Ca.Fe.Mg.Mn.H2S.Zn/h;;;;1H2;. The summed E-state index contributed by atoms with van der Waals surface area (Å²) in [6, 6.07) is 0. The van der Waals surface area contributed by atoms with E-state index in [1.165, 1.54) is 0 Å². The maximum absolute atomic E-state index is 0. The number of rotatable bonds is 0. The van der Waals surface area contributed by atoms with Crippen LogP contribution in [0.2, 0.25) is 0 Å². The van der Waals surface area contributed by atoms with Crippen molar-refractivity contribution < 1.29 is 53.6 Å². The zero-order chi connectivity index (χ0) is 0. The Morgan fingerprint density at radius 3 is 1.00 bits per heavy atom. The second-order valence-electron chi connectivity index (χ2n) is 0. The predicted octanol–water partition coefficient (Wildman–Crippen LogP) is -0.656. The van der Waals surface area contributed by atoms with Gasteiger partial charge >= 0.3 is 0 Å². The second-order valence-corrected chi connectivity index (χ2v) is 0. The van der Waals surface area contributed by atoms with E-state index < -0.39 is 0 Å². The van der Waals surface area contributed by atoms with Crippen molar-refractivity contribution in [2.75, 3.05) is 0 Å². The molecule has 0 atom stereocenters. The van der Waals surface area contributed by atoms with Crippen LogP contribution in [0.15, 0.2) is 0 Å². The van der Waals surface area contributed by atoms with Gasteiger partial charge in [-0.3, -0.25) is 0 Å². The molecule has 0 aromatic rings. The quantitative estimate of drug-likeness (QED) is 0.515. The van der Waals surface area contributed by atoms with Gasteiger partial charge in [-0.25, -0.2) is 0 Å². The minimum atomic E-state index is 0. The molecule has 0 rings (SSSR count). The van der Waals surface area contributed by atoms with Crippen molar-refractivity contribution in [3.63, 3.8) is 0 Å². The predicted molar refractivity (Wildman–Crippen MR) is 21.9 cm³/mol. The molecular formula is H2CaFeMgMnSZn. The van der Waals surface area contributed by atoms with E-state index in [0.29, 0.717) is 0 Å². The van der Waals surface area contributed by atoms with Gasteiger partial charge in [0.15, 0.2) is 0 Å². The van der Waals surface area contributed by atoms with Gasteiger partial charge in [-0.1, -0.05) is 0 Å². The molecule has 0 N–H and O–H groups in total. The van der Waals surface area contributed by atoms with Crippen LogP contribution in [0.4, 0.5) is 0 Å². The van der Waals surface area contributed by atoms with Gasteiger partial charge in [0.1, 0.15) is 0 Å². The number of hydrogen-bond acceptors (Lipinski definition) is 0. The SMILES string of the molecule is S.[Ca].[Fe].[Mg].[Mn].[Zn]. The Hall–Kier alpha value is 4.04. The number of hydrogen-bond donors (Lipinski definition) is 0. The van der Waals surface area contributed by atoms with E-state index in [1.807, 2.05) is 0 Å². The monoisotopic (exact) mass is 273 g/mol. The molecule has 0 aliphatic heterocycles. The summed E-state index contributed by atoms with van der Waals surface area (Å²) < 4.78 is 0. The van der Waals surface area contributed by atoms with Crippen LogP contribution in [-0.4, -0.2) is 60.8 Å². The summed E-state index contributed by atoms with van der Waals surface area (Å²) in [6.45, 7) is 0. The van der Waals surface area contributed by atoms with Crippen molar-refractivity contribution in [2.24, 2.45) is 0 Å². The third-order valence-corrected chi connectivity index (χ3v) is 0.